The first-order valence-corrected chi connectivity index (χ1v) is 7.08. The molecule has 102 valence electrons. The van der Waals surface area contributed by atoms with Crippen LogP contribution in [0.15, 0.2) is 11.8 Å². The van der Waals surface area contributed by atoms with E-state index in [1.807, 2.05) is 6.20 Å². The van der Waals surface area contributed by atoms with E-state index in [4.69, 9.17) is 4.74 Å². The zero-order chi connectivity index (χ0) is 12.8. The highest BCUT2D eigenvalue weighted by Gasteiger charge is 2.22. The summed E-state index contributed by atoms with van der Waals surface area (Å²) in [5.74, 6) is 0.597. The summed E-state index contributed by atoms with van der Waals surface area (Å²) in [6.45, 7) is 3.77. The van der Waals surface area contributed by atoms with Gasteiger partial charge in [0, 0.05) is 12.2 Å². The number of carbonyl (C=O) groups excluding carboxylic acids is 1. The lowest BCUT2D eigenvalue weighted by molar-refractivity contribution is 0.119. The van der Waals surface area contributed by atoms with Crippen molar-refractivity contribution < 1.29 is 9.53 Å². The third-order valence-corrected chi connectivity index (χ3v) is 3.97. The van der Waals surface area contributed by atoms with Crippen LogP contribution < -0.4 is 10.6 Å². The zero-order valence-electron chi connectivity index (χ0n) is 11.2. The van der Waals surface area contributed by atoms with Crippen molar-refractivity contribution in [1.82, 2.24) is 10.6 Å². The summed E-state index contributed by atoms with van der Waals surface area (Å²) in [5, 5.41) is 5.93. The number of rotatable bonds is 2. The lowest BCUT2D eigenvalue weighted by Gasteiger charge is -2.29. The van der Waals surface area contributed by atoms with Gasteiger partial charge >= 0.3 is 6.03 Å². The highest BCUT2D eigenvalue weighted by molar-refractivity contribution is 5.75. The van der Waals surface area contributed by atoms with Crippen molar-refractivity contribution in [3.63, 3.8) is 0 Å². The van der Waals surface area contributed by atoms with Gasteiger partial charge in [-0.25, -0.2) is 4.79 Å². The highest BCUT2D eigenvalue weighted by Crippen LogP contribution is 2.23. The van der Waals surface area contributed by atoms with Gasteiger partial charge in [-0.15, -0.1) is 0 Å². The SMILES string of the molecule is CC1CCCCC1NC(=O)NC=C1CCOCC1. The molecule has 1 saturated carbocycles. The average Bonchev–Trinajstić information content (AvgIpc) is 2.40. The van der Waals surface area contributed by atoms with Gasteiger partial charge in [0.05, 0.1) is 13.2 Å². The first-order valence-electron chi connectivity index (χ1n) is 7.08. The minimum atomic E-state index is -0.0623. The van der Waals surface area contributed by atoms with Crippen molar-refractivity contribution >= 4 is 6.03 Å². The number of nitrogens with one attached hydrogen (secondary N) is 2. The summed E-state index contributed by atoms with van der Waals surface area (Å²) in [7, 11) is 0. The lowest BCUT2D eigenvalue weighted by Crippen LogP contribution is -2.44. The normalized spacial score (nSPS) is 28.6. The highest BCUT2D eigenvalue weighted by atomic mass is 16.5. The average molecular weight is 252 g/mol. The van der Waals surface area contributed by atoms with E-state index in [1.165, 1.54) is 24.8 Å². The lowest BCUT2D eigenvalue weighted by atomic mass is 9.86. The molecule has 4 heteroatoms. The molecule has 2 unspecified atom stereocenters. The molecule has 2 amide bonds. The minimum Gasteiger partial charge on any atom is -0.381 e. The number of carbonyl (C=O) groups is 1. The Morgan fingerprint density at radius 3 is 2.72 bits per heavy atom. The van der Waals surface area contributed by atoms with Gasteiger partial charge in [-0.05, 0) is 37.2 Å². The molecule has 0 bridgehead atoms. The number of hydrogen-bond donors (Lipinski definition) is 2. The molecule has 0 spiro atoms. The molecule has 1 saturated heterocycles. The molecule has 2 N–H and O–H groups in total. The standard InChI is InChI=1S/C14H24N2O2/c1-11-4-2-3-5-13(11)16-14(17)15-10-12-6-8-18-9-7-12/h10-11,13H,2-9H2,1H3,(H2,15,16,17). The van der Waals surface area contributed by atoms with Crippen molar-refractivity contribution in [2.24, 2.45) is 5.92 Å². The molecule has 1 aliphatic heterocycles. The van der Waals surface area contributed by atoms with Crippen LogP contribution in [-0.4, -0.2) is 25.3 Å². The Morgan fingerprint density at radius 1 is 1.28 bits per heavy atom. The molecular weight excluding hydrogens is 228 g/mol. The van der Waals surface area contributed by atoms with E-state index in [-0.39, 0.29) is 6.03 Å². The van der Waals surface area contributed by atoms with E-state index in [0.29, 0.717) is 12.0 Å². The predicted molar refractivity (Wildman–Crippen MR) is 71.2 cm³/mol. The van der Waals surface area contributed by atoms with Crippen molar-refractivity contribution in [1.29, 1.82) is 0 Å². The van der Waals surface area contributed by atoms with Gasteiger partial charge in [0.1, 0.15) is 0 Å². The molecule has 4 nitrogen and oxygen atoms in total. The van der Waals surface area contributed by atoms with E-state index < -0.39 is 0 Å². The maximum Gasteiger partial charge on any atom is 0.318 e. The predicted octanol–water partition coefficient (Wildman–Crippen LogP) is 2.56. The van der Waals surface area contributed by atoms with Crippen molar-refractivity contribution in [2.45, 2.75) is 51.5 Å². The van der Waals surface area contributed by atoms with Crippen molar-refractivity contribution in [3.05, 3.63) is 11.8 Å². The van der Waals surface area contributed by atoms with Gasteiger partial charge in [-0.1, -0.05) is 19.8 Å². The van der Waals surface area contributed by atoms with Crippen molar-refractivity contribution in [3.8, 4) is 0 Å². The number of ether oxygens (including phenoxy) is 1. The molecule has 2 fully saturated rings. The van der Waals surface area contributed by atoms with E-state index in [0.717, 1.165) is 32.5 Å². The summed E-state index contributed by atoms with van der Waals surface area (Å²) in [6.07, 6.45) is 8.58. The summed E-state index contributed by atoms with van der Waals surface area (Å²) in [5.41, 5.74) is 1.27. The smallest absolute Gasteiger partial charge is 0.318 e. The molecule has 0 aromatic carbocycles. The van der Waals surface area contributed by atoms with Crippen LogP contribution in [0, 0.1) is 5.92 Å². The second kappa shape index (κ2) is 6.78. The van der Waals surface area contributed by atoms with E-state index >= 15 is 0 Å². The number of amides is 2. The molecular formula is C14H24N2O2. The van der Waals surface area contributed by atoms with E-state index in [1.54, 1.807) is 0 Å². The van der Waals surface area contributed by atoms with Gasteiger partial charge < -0.3 is 15.4 Å². The van der Waals surface area contributed by atoms with Crippen molar-refractivity contribution in [2.75, 3.05) is 13.2 Å². The van der Waals surface area contributed by atoms with Gasteiger partial charge in [0.15, 0.2) is 0 Å². The Kier molecular flexibility index (Phi) is 5.05. The summed E-state index contributed by atoms with van der Waals surface area (Å²) in [4.78, 5) is 11.8. The van der Waals surface area contributed by atoms with E-state index in [9.17, 15) is 4.79 Å². The fraction of sp³-hybridized carbons (Fsp3) is 0.786. The maximum absolute atomic E-state index is 11.8. The van der Waals surface area contributed by atoms with Gasteiger partial charge in [0.25, 0.3) is 0 Å². The Morgan fingerprint density at radius 2 is 2.00 bits per heavy atom. The van der Waals surface area contributed by atoms with Gasteiger partial charge in [-0.2, -0.15) is 0 Å². The summed E-state index contributed by atoms with van der Waals surface area (Å²) >= 11 is 0. The van der Waals surface area contributed by atoms with Crippen LogP contribution in [0.25, 0.3) is 0 Å². The second-order valence-electron chi connectivity index (χ2n) is 5.40. The van der Waals surface area contributed by atoms with Crippen LogP contribution in [0.3, 0.4) is 0 Å². The van der Waals surface area contributed by atoms with Crippen LogP contribution in [-0.2, 0) is 4.74 Å². The molecule has 18 heavy (non-hydrogen) atoms. The Hall–Kier alpha value is -1.03. The monoisotopic (exact) mass is 252 g/mol. The van der Waals surface area contributed by atoms with Crippen LogP contribution >= 0.6 is 0 Å². The third kappa shape index (κ3) is 4.02. The van der Waals surface area contributed by atoms with Crippen LogP contribution in [0.2, 0.25) is 0 Å². The Labute approximate surface area is 109 Å². The molecule has 1 aliphatic carbocycles. The molecule has 1 heterocycles. The molecule has 0 aromatic rings. The van der Waals surface area contributed by atoms with Gasteiger partial charge in [0.2, 0.25) is 0 Å². The molecule has 0 aromatic heterocycles. The molecule has 0 radical (unpaired) electrons. The number of urea groups is 1. The largest absolute Gasteiger partial charge is 0.381 e. The first kappa shape index (κ1) is 13.4. The zero-order valence-corrected chi connectivity index (χ0v) is 11.2. The van der Waals surface area contributed by atoms with Crippen LogP contribution in [0.4, 0.5) is 4.79 Å². The topological polar surface area (TPSA) is 50.4 Å². The quantitative estimate of drug-likeness (QED) is 0.793. The van der Waals surface area contributed by atoms with Gasteiger partial charge in [-0.3, -0.25) is 0 Å². The number of hydrogen-bond acceptors (Lipinski definition) is 2. The maximum atomic E-state index is 11.8. The Balaban J connectivity index is 1.74. The summed E-state index contributed by atoms with van der Waals surface area (Å²) in [6, 6.07) is 0.277. The van der Waals surface area contributed by atoms with Crippen LogP contribution in [0.1, 0.15) is 45.4 Å². The fourth-order valence-corrected chi connectivity index (χ4v) is 2.69. The minimum absolute atomic E-state index is 0.0623. The third-order valence-electron chi connectivity index (χ3n) is 3.97. The second-order valence-corrected chi connectivity index (χ2v) is 5.40. The van der Waals surface area contributed by atoms with Crippen LogP contribution in [0.5, 0.6) is 0 Å². The molecule has 2 aliphatic rings. The Bertz CT molecular complexity index is 307. The summed E-state index contributed by atoms with van der Waals surface area (Å²) < 4.78 is 5.27. The molecule has 2 rings (SSSR count). The fourth-order valence-electron chi connectivity index (χ4n) is 2.69. The van der Waals surface area contributed by atoms with E-state index in [2.05, 4.69) is 17.6 Å². The molecule has 2 atom stereocenters. The first-order chi connectivity index (χ1) is 8.75.